The second-order valence-electron chi connectivity index (χ2n) is 6.94. The maximum Gasteiger partial charge on any atom is 0.238 e. The lowest BCUT2D eigenvalue weighted by molar-refractivity contribution is -0.120. The van der Waals surface area contributed by atoms with Crippen molar-refractivity contribution in [1.29, 1.82) is 0 Å². The van der Waals surface area contributed by atoms with Gasteiger partial charge in [-0.1, -0.05) is 6.92 Å². The third-order valence-corrected chi connectivity index (χ3v) is 4.53. The van der Waals surface area contributed by atoms with Gasteiger partial charge in [0, 0.05) is 17.8 Å². The van der Waals surface area contributed by atoms with E-state index >= 15 is 0 Å². The molecule has 0 unspecified atom stereocenters. The summed E-state index contributed by atoms with van der Waals surface area (Å²) < 4.78 is 56.0. The monoisotopic (exact) mass is 469 g/mol. The molecule has 2 N–H and O–H groups in total. The van der Waals surface area contributed by atoms with Crippen LogP contribution in [0.25, 0.3) is 0 Å². The second kappa shape index (κ2) is 12.0. The topological polar surface area (TPSA) is 89.1 Å². The molecular formula is C22H26F3N3O5. The average molecular weight is 469 g/mol. The summed E-state index contributed by atoms with van der Waals surface area (Å²) in [6.45, 7) is 1.82. The Hall–Kier alpha value is -3.47. The van der Waals surface area contributed by atoms with Gasteiger partial charge in [-0.05, 0) is 25.1 Å². The first-order valence-corrected chi connectivity index (χ1v) is 9.99. The number of halogens is 3. The highest BCUT2D eigenvalue weighted by atomic mass is 19.2. The van der Waals surface area contributed by atoms with Crippen LogP contribution >= 0.6 is 0 Å². The summed E-state index contributed by atoms with van der Waals surface area (Å²) in [5.41, 5.74) is -0.100. The zero-order chi connectivity index (χ0) is 24.5. The normalized spacial score (nSPS) is 10.7. The summed E-state index contributed by atoms with van der Waals surface area (Å²) in [5.74, 6) is -4.57. The van der Waals surface area contributed by atoms with Crippen LogP contribution < -0.4 is 24.8 Å². The summed E-state index contributed by atoms with van der Waals surface area (Å²) >= 11 is 0. The van der Waals surface area contributed by atoms with Gasteiger partial charge in [0.2, 0.25) is 17.6 Å². The standard InChI is InChI=1S/C22H26F3N3O5/c1-5-8-28(12-19(30)27-15-7-6-14(23)20(24)21(15)25)11-18(29)26-13-9-16(31-2)22(33-4)17(10-13)32-3/h6-7,9-10H,5,8,11-12H2,1-4H3,(H,26,29)(H,27,30). The first-order chi connectivity index (χ1) is 15.7. The predicted molar refractivity (Wildman–Crippen MR) is 116 cm³/mol. The van der Waals surface area contributed by atoms with Gasteiger partial charge in [-0.25, -0.2) is 13.2 Å². The Morgan fingerprint density at radius 3 is 1.97 bits per heavy atom. The number of nitrogens with zero attached hydrogens (tertiary/aromatic N) is 1. The van der Waals surface area contributed by atoms with Crippen LogP contribution in [0.15, 0.2) is 24.3 Å². The number of benzene rings is 2. The van der Waals surface area contributed by atoms with E-state index in [2.05, 4.69) is 10.6 Å². The first kappa shape index (κ1) is 25.8. The van der Waals surface area contributed by atoms with Gasteiger partial charge in [0.15, 0.2) is 29.0 Å². The van der Waals surface area contributed by atoms with Crippen LogP contribution in [-0.4, -0.2) is 57.7 Å². The van der Waals surface area contributed by atoms with E-state index in [0.29, 0.717) is 42.0 Å². The minimum absolute atomic E-state index is 0.155. The molecule has 2 rings (SSSR count). The van der Waals surface area contributed by atoms with Crippen molar-refractivity contribution < 1.29 is 37.0 Å². The van der Waals surface area contributed by atoms with E-state index < -0.39 is 35.0 Å². The van der Waals surface area contributed by atoms with Gasteiger partial charge in [0.1, 0.15) is 0 Å². The van der Waals surface area contributed by atoms with Crippen molar-refractivity contribution in [2.75, 3.05) is 51.6 Å². The molecule has 0 aromatic heterocycles. The molecule has 8 nitrogen and oxygen atoms in total. The summed E-state index contributed by atoms with van der Waals surface area (Å²) in [7, 11) is 4.35. The maximum absolute atomic E-state index is 13.8. The molecule has 0 aliphatic rings. The summed E-state index contributed by atoms with van der Waals surface area (Å²) in [5, 5.41) is 4.89. The van der Waals surface area contributed by atoms with Crippen LogP contribution in [-0.2, 0) is 9.59 Å². The molecule has 0 aliphatic heterocycles. The molecule has 0 saturated heterocycles. The van der Waals surface area contributed by atoms with Gasteiger partial charge in [-0.3, -0.25) is 14.5 Å². The van der Waals surface area contributed by atoms with Crippen molar-refractivity contribution in [2.45, 2.75) is 13.3 Å². The molecule has 180 valence electrons. The number of hydrogen-bond acceptors (Lipinski definition) is 6. The molecule has 11 heteroatoms. The van der Waals surface area contributed by atoms with Crippen LogP contribution in [0.2, 0.25) is 0 Å². The van der Waals surface area contributed by atoms with Crippen molar-refractivity contribution in [3.8, 4) is 17.2 Å². The van der Waals surface area contributed by atoms with Gasteiger partial charge >= 0.3 is 0 Å². The third-order valence-electron chi connectivity index (χ3n) is 4.53. The molecule has 0 spiro atoms. The van der Waals surface area contributed by atoms with E-state index in [0.717, 1.165) is 6.07 Å². The quantitative estimate of drug-likeness (QED) is 0.491. The number of amides is 2. The average Bonchev–Trinajstić information content (AvgIpc) is 2.78. The van der Waals surface area contributed by atoms with Crippen LogP contribution in [0.3, 0.4) is 0 Å². The number of rotatable bonds is 11. The largest absolute Gasteiger partial charge is 0.493 e. The summed E-state index contributed by atoms with van der Waals surface area (Å²) in [4.78, 5) is 26.4. The Kier molecular flexibility index (Phi) is 9.34. The Morgan fingerprint density at radius 2 is 1.45 bits per heavy atom. The SMILES string of the molecule is CCCN(CC(=O)Nc1cc(OC)c(OC)c(OC)c1)CC(=O)Nc1ccc(F)c(F)c1F. The molecule has 2 amide bonds. The van der Waals surface area contributed by atoms with Crippen LogP contribution in [0.1, 0.15) is 13.3 Å². The van der Waals surface area contributed by atoms with Crippen LogP contribution in [0.5, 0.6) is 17.2 Å². The van der Waals surface area contributed by atoms with E-state index in [-0.39, 0.29) is 13.1 Å². The Morgan fingerprint density at radius 1 is 0.879 bits per heavy atom. The first-order valence-electron chi connectivity index (χ1n) is 9.99. The zero-order valence-corrected chi connectivity index (χ0v) is 18.8. The van der Waals surface area contributed by atoms with Gasteiger partial charge in [0.05, 0.1) is 40.1 Å². The number of hydrogen-bond donors (Lipinski definition) is 2. The molecule has 0 atom stereocenters. The molecular weight excluding hydrogens is 443 g/mol. The lowest BCUT2D eigenvalue weighted by Crippen LogP contribution is -2.39. The van der Waals surface area contributed by atoms with Gasteiger partial charge in [-0.15, -0.1) is 0 Å². The fourth-order valence-corrected chi connectivity index (χ4v) is 3.10. The number of carbonyl (C=O) groups excluding carboxylic acids is 2. The van der Waals surface area contributed by atoms with E-state index in [1.807, 2.05) is 6.92 Å². The van der Waals surface area contributed by atoms with Crippen molar-refractivity contribution in [3.63, 3.8) is 0 Å². The predicted octanol–water partition coefficient (Wildman–Crippen LogP) is 3.42. The van der Waals surface area contributed by atoms with E-state index in [9.17, 15) is 22.8 Å². The number of ether oxygens (including phenoxy) is 3. The molecule has 0 aliphatic carbocycles. The third kappa shape index (κ3) is 6.75. The van der Waals surface area contributed by atoms with Gasteiger partial charge in [-0.2, -0.15) is 0 Å². The van der Waals surface area contributed by atoms with Crippen LogP contribution in [0, 0.1) is 17.5 Å². The van der Waals surface area contributed by atoms with Crippen molar-refractivity contribution >= 4 is 23.2 Å². The van der Waals surface area contributed by atoms with Crippen molar-refractivity contribution in [1.82, 2.24) is 4.90 Å². The Labute approximate surface area is 189 Å². The minimum Gasteiger partial charge on any atom is -0.493 e. The molecule has 0 heterocycles. The molecule has 2 aromatic carbocycles. The highest BCUT2D eigenvalue weighted by Crippen LogP contribution is 2.39. The number of methoxy groups -OCH3 is 3. The summed E-state index contributed by atoms with van der Waals surface area (Å²) in [6, 6.07) is 4.75. The van der Waals surface area contributed by atoms with Crippen molar-refractivity contribution in [3.05, 3.63) is 41.7 Å². The van der Waals surface area contributed by atoms with Crippen molar-refractivity contribution in [2.24, 2.45) is 0 Å². The van der Waals surface area contributed by atoms with E-state index in [1.165, 1.54) is 26.2 Å². The lowest BCUT2D eigenvalue weighted by Gasteiger charge is -2.21. The van der Waals surface area contributed by atoms with Crippen LogP contribution in [0.4, 0.5) is 24.5 Å². The maximum atomic E-state index is 13.8. The fourth-order valence-electron chi connectivity index (χ4n) is 3.10. The minimum atomic E-state index is -1.68. The zero-order valence-electron chi connectivity index (χ0n) is 18.8. The molecule has 2 aromatic rings. The fraction of sp³-hybridized carbons (Fsp3) is 0.364. The number of nitrogens with one attached hydrogen (secondary N) is 2. The van der Waals surface area contributed by atoms with E-state index in [4.69, 9.17) is 14.2 Å². The van der Waals surface area contributed by atoms with Gasteiger partial charge in [0.25, 0.3) is 0 Å². The highest BCUT2D eigenvalue weighted by Gasteiger charge is 2.19. The Balaban J connectivity index is 2.06. The van der Waals surface area contributed by atoms with E-state index in [1.54, 1.807) is 12.1 Å². The molecule has 0 saturated carbocycles. The molecule has 0 fully saturated rings. The number of anilines is 2. The number of carbonyl (C=O) groups is 2. The highest BCUT2D eigenvalue weighted by molar-refractivity contribution is 5.95. The molecule has 33 heavy (non-hydrogen) atoms. The smallest absolute Gasteiger partial charge is 0.238 e. The second-order valence-corrected chi connectivity index (χ2v) is 6.94. The molecule has 0 radical (unpaired) electrons. The lowest BCUT2D eigenvalue weighted by atomic mass is 10.2. The molecule has 0 bridgehead atoms. The van der Waals surface area contributed by atoms with Gasteiger partial charge < -0.3 is 24.8 Å². The summed E-state index contributed by atoms with van der Waals surface area (Å²) in [6.07, 6.45) is 0.629. The Bertz CT molecular complexity index is 978.